The minimum Gasteiger partial charge on any atom is -0.490 e. The highest BCUT2D eigenvalue weighted by Crippen LogP contribution is 2.37. The van der Waals surface area contributed by atoms with E-state index in [1.807, 2.05) is 13.0 Å². The van der Waals surface area contributed by atoms with Crippen molar-refractivity contribution in [3.63, 3.8) is 0 Å². The Balaban J connectivity index is 0.886. The normalized spacial score (nSPS) is 24.1. The van der Waals surface area contributed by atoms with Gasteiger partial charge in [0.2, 0.25) is 11.8 Å². The van der Waals surface area contributed by atoms with Crippen LogP contribution in [0.15, 0.2) is 30.3 Å². The Kier molecular flexibility index (Phi) is 9.01. The molecule has 2 aromatic rings. The van der Waals surface area contributed by atoms with Crippen LogP contribution in [0, 0.1) is 23.0 Å². The fourth-order valence-electron chi connectivity index (χ4n) is 8.33. The van der Waals surface area contributed by atoms with E-state index in [1.165, 1.54) is 7.11 Å². The molecular weight excluding hydrogens is 630 g/mol. The van der Waals surface area contributed by atoms with Gasteiger partial charge in [-0.05, 0) is 62.3 Å². The number of fused-ring (bicyclic) bond motifs is 1. The number of hydrogen-bond acceptors (Lipinski definition) is 11. The van der Waals surface area contributed by atoms with Crippen LogP contribution in [0.25, 0.3) is 0 Å². The second-order valence-electron chi connectivity index (χ2n) is 13.9. The number of nitrogens with zero attached hydrogens (tertiary/aromatic N) is 6. The zero-order valence-corrected chi connectivity index (χ0v) is 28.1. The first kappa shape index (κ1) is 33.0. The summed E-state index contributed by atoms with van der Waals surface area (Å²) in [6.07, 6.45) is 3.40. The van der Waals surface area contributed by atoms with E-state index in [0.29, 0.717) is 28.8 Å². The quantitative estimate of drug-likeness (QED) is 0.250. The van der Waals surface area contributed by atoms with Gasteiger partial charge in [0.15, 0.2) is 5.75 Å². The first-order chi connectivity index (χ1) is 23.6. The van der Waals surface area contributed by atoms with Gasteiger partial charge in [-0.3, -0.25) is 44.4 Å². The highest BCUT2D eigenvalue weighted by atomic mass is 16.6. The molecule has 14 heteroatoms. The third-order valence-electron chi connectivity index (χ3n) is 11.0. The molecule has 2 unspecified atom stereocenters. The lowest BCUT2D eigenvalue weighted by atomic mass is 10.00. The van der Waals surface area contributed by atoms with Crippen molar-refractivity contribution in [3.05, 3.63) is 57.1 Å². The summed E-state index contributed by atoms with van der Waals surface area (Å²) in [4.78, 5) is 72.2. The SMILES string of the molecule is COc1cc(N2CCC(N3CCN(CC4CCN(c5ccc6c(c5)C(=O)N(C5CCC(=O)NC5=O)C6=O)C4)CC3)CC2)c(C)cc1[N+](=O)[O-]. The van der Waals surface area contributed by atoms with Gasteiger partial charge in [0.25, 0.3) is 11.8 Å². The van der Waals surface area contributed by atoms with E-state index in [0.717, 1.165) is 100 Å². The second kappa shape index (κ2) is 13.4. The molecule has 49 heavy (non-hydrogen) atoms. The Labute approximate surface area is 285 Å². The predicted molar refractivity (Wildman–Crippen MR) is 181 cm³/mol. The molecule has 5 aliphatic rings. The number of ether oxygens (including phenoxy) is 1. The van der Waals surface area contributed by atoms with Crippen molar-refractivity contribution in [2.24, 2.45) is 5.92 Å². The van der Waals surface area contributed by atoms with Crippen molar-refractivity contribution in [3.8, 4) is 5.75 Å². The predicted octanol–water partition coefficient (Wildman–Crippen LogP) is 2.43. The molecule has 2 aromatic carbocycles. The maximum Gasteiger partial charge on any atom is 0.311 e. The number of hydrogen-bond donors (Lipinski definition) is 1. The van der Waals surface area contributed by atoms with Crippen LogP contribution >= 0.6 is 0 Å². The smallest absolute Gasteiger partial charge is 0.311 e. The first-order valence-corrected chi connectivity index (χ1v) is 17.3. The van der Waals surface area contributed by atoms with Crippen molar-refractivity contribution in [2.45, 2.75) is 51.1 Å². The molecule has 5 heterocycles. The van der Waals surface area contributed by atoms with Gasteiger partial charge < -0.3 is 19.4 Å². The summed E-state index contributed by atoms with van der Waals surface area (Å²) in [5.74, 6) is -1.14. The Morgan fingerprint density at radius 2 is 1.59 bits per heavy atom. The van der Waals surface area contributed by atoms with Crippen LogP contribution in [-0.4, -0.2) is 121 Å². The summed E-state index contributed by atoms with van der Waals surface area (Å²) in [6.45, 7) is 10.6. The summed E-state index contributed by atoms with van der Waals surface area (Å²) >= 11 is 0. The maximum absolute atomic E-state index is 13.3. The summed E-state index contributed by atoms with van der Waals surface area (Å²) in [6, 6.07) is 8.35. The molecule has 4 amide bonds. The summed E-state index contributed by atoms with van der Waals surface area (Å²) < 4.78 is 5.32. The Morgan fingerprint density at radius 1 is 0.878 bits per heavy atom. The van der Waals surface area contributed by atoms with E-state index < -0.39 is 28.7 Å². The van der Waals surface area contributed by atoms with Crippen molar-refractivity contribution >= 4 is 40.7 Å². The van der Waals surface area contributed by atoms with Crippen molar-refractivity contribution in [1.29, 1.82) is 0 Å². The maximum atomic E-state index is 13.3. The van der Waals surface area contributed by atoms with Gasteiger partial charge in [0.1, 0.15) is 6.04 Å². The van der Waals surface area contributed by atoms with Crippen LogP contribution in [0.1, 0.15) is 58.4 Å². The van der Waals surface area contributed by atoms with E-state index in [1.54, 1.807) is 24.3 Å². The molecule has 0 radical (unpaired) electrons. The van der Waals surface area contributed by atoms with E-state index in [-0.39, 0.29) is 24.4 Å². The molecule has 5 aliphatic heterocycles. The van der Waals surface area contributed by atoms with Crippen molar-refractivity contribution in [1.82, 2.24) is 20.0 Å². The van der Waals surface area contributed by atoms with Crippen LogP contribution in [0.5, 0.6) is 5.75 Å². The summed E-state index contributed by atoms with van der Waals surface area (Å²) in [7, 11) is 1.47. The number of carbonyl (C=O) groups excluding carboxylic acids is 4. The minimum absolute atomic E-state index is 0.000632. The minimum atomic E-state index is -0.964. The third-order valence-corrected chi connectivity index (χ3v) is 11.0. The first-order valence-electron chi connectivity index (χ1n) is 17.3. The number of anilines is 2. The van der Waals surface area contributed by atoms with Crippen LogP contribution in [-0.2, 0) is 9.59 Å². The van der Waals surface area contributed by atoms with Gasteiger partial charge in [0, 0.05) is 94.9 Å². The monoisotopic (exact) mass is 673 g/mol. The average Bonchev–Trinajstić information content (AvgIpc) is 3.66. The fourth-order valence-corrected chi connectivity index (χ4v) is 8.33. The number of nitrogens with one attached hydrogen (secondary N) is 1. The lowest BCUT2D eigenvalue weighted by molar-refractivity contribution is -0.385. The number of carbonyl (C=O) groups is 4. The zero-order chi connectivity index (χ0) is 34.4. The standard InChI is InChI=1S/C35H43N7O7/c1-22-17-30(42(47)48)31(49-2)19-29(22)39-11-8-24(9-12-39)38-15-13-37(14-16-38)20-23-7-10-40(21-23)25-3-4-26-27(18-25)35(46)41(34(26)45)28-5-6-32(43)36-33(28)44/h3-4,17-19,23-24,28H,5-16,20-21H2,1-2H3,(H,36,43,44). The number of rotatable bonds is 8. The number of nitro benzene ring substituents is 1. The number of methoxy groups -OCH3 is 1. The van der Waals surface area contributed by atoms with Crippen LogP contribution in [0.3, 0.4) is 0 Å². The highest BCUT2D eigenvalue weighted by molar-refractivity contribution is 6.23. The molecule has 0 bridgehead atoms. The summed E-state index contributed by atoms with van der Waals surface area (Å²) in [5, 5.41) is 13.7. The van der Waals surface area contributed by atoms with E-state index >= 15 is 0 Å². The van der Waals surface area contributed by atoms with Gasteiger partial charge in [-0.15, -0.1) is 0 Å². The fraction of sp³-hybridized carbons (Fsp3) is 0.543. The molecular formula is C35H43N7O7. The molecule has 4 saturated heterocycles. The van der Waals surface area contributed by atoms with Crippen molar-refractivity contribution < 1.29 is 28.8 Å². The van der Waals surface area contributed by atoms with Gasteiger partial charge in [0.05, 0.1) is 23.2 Å². The molecule has 4 fully saturated rings. The van der Waals surface area contributed by atoms with Gasteiger partial charge >= 0.3 is 5.69 Å². The third kappa shape index (κ3) is 6.34. The van der Waals surface area contributed by atoms with Gasteiger partial charge in [-0.2, -0.15) is 0 Å². The van der Waals surface area contributed by atoms with Gasteiger partial charge in [-0.1, -0.05) is 0 Å². The number of imide groups is 2. The summed E-state index contributed by atoms with van der Waals surface area (Å²) in [5.41, 5.74) is 3.43. The highest BCUT2D eigenvalue weighted by Gasteiger charge is 2.45. The number of nitro groups is 1. The Morgan fingerprint density at radius 3 is 2.29 bits per heavy atom. The molecule has 0 aliphatic carbocycles. The van der Waals surface area contributed by atoms with Crippen LogP contribution < -0.4 is 19.9 Å². The average molecular weight is 674 g/mol. The lowest BCUT2D eigenvalue weighted by Gasteiger charge is -2.44. The van der Waals surface area contributed by atoms with Crippen LogP contribution in [0.2, 0.25) is 0 Å². The Bertz CT molecular complexity index is 1680. The largest absolute Gasteiger partial charge is 0.490 e. The molecule has 0 saturated carbocycles. The molecule has 14 nitrogen and oxygen atoms in total. The van der Waals surface area contributed by atoms with E-state index in [4.69, 9.17) is 4.74 Å². The van der Waals surface area contributed by atoms with E-state index in [9.17, 15) is 29.3 Å². The number of amides is 4. The van der Waals surface area contributed by atoms with Gasteiger partial charge in [-0.25, -0.2) is 0 Å². The number of piperidine rings is 2. The van der Waals surface area contributed by atoms with E-state index in [2.05, 4.69) is 24.9 Å². The topological polar surface area (TPSA) is 149 Å². The molecule has 7 rings (SSSR count). The molecule has 1 N–H and O–H groups in total. The number of benzene rings is 2. The lowest BCUT2D eigenvalue weighted by Crippen LogP contribution is -2.54. The zero-order valence-electron chi connectivity index (χ0n) is 28.1. The molecule has 260 valence electrons. The second-order valence-corrected chi connectivity index (χ2v) is 13.9. The number of aryl methyl sites for hydroxylation is 1. The van der Waals surface area contributed by atoms with Crippen molar-refractivity contribution in [2.75, 3.05) is 75.8 Å². The van der Waals surface area contributed by atoms with Crippen LogP contribution in [0.4, 0.5) is 17.1 Å². The number of piperazine rings is 1. The Hall–Kier alpha value is -4.56. The molecule has 0 spiro atoms. The molecule has 2 atom stereocenters. The molecule has 0 aromatic heterocycles.